The van der Waals surface area contributed by atoms with Crippen molar-refractivity contribution in [3.8, 4) is 0 Å². The van der Waals surface area contributed by atoms with Gasteiger partial charge in [0.25, 0.3) is 0 Å². The maximum Gasteiger partial charge on any atom is 0.302 e. The fourth-order valence-corrected chi connectivity index (χ4v) is 12.4. The Balaban J connectivity index is 1.37. The highest BCUT2D eigenvalue weighted by Crippen LogP contribution is 2.76. The second kappa shape index (κ2) is 10.8. The fraction of sp³-hybridized carbons (Fsp3) is 0.725. The Hall–Kier alpha value is -2.43. The van der Waals surface area contributed by atoms with E-state index in [9.17, 15) is 14.4 Å². The van der Waals surface area contributed by atoms with Crippen LogP contribution in [0.2, 0.25) is 0 Å². The number of nitrogens with one attached hydrogen (secondary N) is 1. The molecule has 1 N–H and O–H groups in total. The highest BCUT2D eigenvalue weighted by molar-refractivity contribution is 6.07. The van der Waals surface area contributed by atoms with Gasteiger partial charge in [0, 0.05) is 18.8 Å². The quantitative estimate of drug-likeness (QED) is 0.336. The number of hydrogen-bond donors (Lipinski definition) is 1. The predicted molar refractivity (Wildman–Crippen MR) is 178 cm³/mol. The number of ether oxygens (including phenoxy) is 1. The van der Waals surface area contributed by atoms with E-state index in [1.807, 2.05) is 18.2 Å². The number of fused-ring (bicyclic) bond motifs is 7. The van der Waals surface area contributed by atoms with E-state index in [0.717, 1.165) is 62.5 Å². The zero-order chi connectivity index (χ0) is 32.7. The molecule has 45 heavy (non-hydrogen) atoms. The minimum Gasteiger partial charge on any atom is -0.462 e. The third kappa shape index (κ3) is 4.55. The first-order valence-corrected chi connectivity index (χ1v) is 17.8. The van der Waals surface area contributed by atoms with Gasteiger partial charge in [-0.05, 0) is 115 Å². The lowest BCUT2D eigenvalue weighted by Crippen LogP contribution is -2.66. The lowest BCUT2D eigenvalue weighted by Gasteiger charge is -2.72. The second-order valence-electron chi connectivity index (χ2n) is 17.3. The summed E-state index contributed by atoms with van der Waals surface area (Å²) in [5.41, 5.74) is 2.72. The molecule has 5 aliphatic rings. The Morgan fingerprint density at radius 1 is 0.844 bits per heavy atom. The summed E-state index contributed by atoms with van der Waals surface area (Å²) in [5.74, 6) is 1.47. The van der Waals surface area contributed by atoms with Crippen LogP contribution in [0, 0.1) is 50.7 Å². The normalized spacial score (nSPS) is 41.0. The number of carbonyl (C=O) groups excluding carboxylic acids is 3. The number of allylic oxidation sites excluding steroid dienone is 1. The van der Waals surface area contributed by atoms with Crippen molar-refractivity contribution in [3.63, 3.8) is 0 Å². The van der Waals surface area contributed by atoms with Crippen LogP contribution in [0.5, 0.6) is 0 Å². The first-order chi connectivity index (χ1) is 21.0. The summed E-state index contributed by atoms with van der Waals surface area (Å²) < 4.78 is 5.93. The topological polar surface area (TPSA) is 72.5 Å². The van der Waals surface area contributed by atoms with Crippen molar-refractivity contribution in [2.24, 2.45) is 50.7 Å². The van der Waals surface area contributed by atoms with Gasteiger partial charge in [-0.3, -0.25) is 14.4 Å². The molecule has 0 bridgehead atoms. The van der Waals surface area contributed by atoms with Gasteiger partial charge in [-0.15, -0.1) is 0 Å². The van der Waals surface area contributed by atoms with Crippen LogP contribution in [0.15, 0.2) is 41.5 Å². The highest BCUT2D eigenvalue weighted by Gasteiger charge is 2.71. The minimum absolute atomic E-state index is 0.00962. The second-order valence-corrected chi connectivity index (χ2v) is 17.3. The van der Waals surface area contributed by atoms with Crippen LogP contribution in [-0.4, -0.2) is 23.8 Å². The van der Waals surface area contributed by atoms with E-state index in [0.29, 0.717) is 18.3 Å². The monoisotopic (exact) mass is 615 g/mol. The van der Waals surface area contributed by atoms with Gasteiger partial charge in [-0.1, -0.05) is 78.8 Å². The van der Waals surface area contributed by atoms with Crippen molar-refractivity contribution in [3.05, 3.63) is 47.0 Å². The fourth-order valence-electron chi connectivity index (χ4n) is 12.4. The number of amides is 1. The van der Waals surface area contributed by atoms with E-state index in [1.165, 1.54) is 5.57 Å². The minimum atomic E-state index is -0.738. The number of Topliss-reactive ketones (excluding diaryl/α,β-unsaturated/α-hetero) is 1. The van der Waals surface area contributed by atoms with Crippen LogP contribution in [0.4, 0.5) is 0 Å². The molecule has 1 amide bonds. The molecule has 5 aliphatic carbocycles. The van der Waals surface area contributed by atoms with Crippen molar-refractivity contribution >= 4 is 17.7 Å². The van der Waals surface area contributed by atoms with E-state index >= 15 is 0 Å². The van der Waals surface area contributed by atoms with Crippen LogP contribution >= 0.6 is 0 Å². The number of ketones is 1. The molecule has 0 aliphatic heterocycles. The van der Waals surface area contributed by atoms with Gasteiger partial charge in [0.05, 0.1) is 11.5 Å². The SMILES string of the molecule is CC(=O)O[C@H]1CC[C@@]2(C)C(CC[C@]3(C)C2CC[C@@H]2C4=C(C(C)C)C(=O)C[C@]4(C(=O)NC(C)c4ccccc4)CC[C@]23C)C1(C)C. The van der Waals surface area contributed by atoms with Gasteiger partial charge in [0.15, 0.2) is 5.78 Å². The molecule has 246 valence electrons. The predicted octanol–water partition coefficient (Wildman–Crippen LogP) is 8.78. The zero-order valence-corrected chi connectivity index (χ0v) is 29.3. The lowest BCUT2D eigenvalue weighted by atomic mass is 9.33. The van der Waals surface area contributed by atoms with Crippen LogP contribution in [0.1, 0.15) is 132 Å². The standard InChI is InChI=1S/C40H57NO4/c1-24(2)33-29(43)23-40(35(44)41-25(3)27-13-11-10-12-14-27)22-21-38(8)28(34(33)40)15-16-31-37(7)19-18-32(45-26(4)42)36(5,6)30(37)17-20-39(31,38)9/h10-14,24-25,28,30-32H,15-23H2,1-9H3,(H,41,44)/t25?,28-,30?,31?,32+,37+,38-,39-,40-/m1/s1. The average Bonchev–Trinajstić information content (AvgIpc) is 3.28. The summed E-state index contributed by atoms with van der Waals surface area (Å²) in [4.78, 5) is 40.5. The molecule has 5 heteroatoms. The number of carbonyl (C=O) groups is 3. The van der Waals surface area contributed by atoms with Crippen molar-refractivity contribution in [1.82, 2.24) is 5.32 Å². The molecule has 9 atom stereocenters. The number of rotatable bonds is 5. The zero-order valence-electron chi connectivity index (χ0n) is 29.3. The van der Waals surface area contributed by atoms with Gasteiger partial charge in [0.1, 0.15) is 6.10 Å². The summed E-state index contributed by atoms with van der Waals surface area (Å²) in [6, 6.07) is 10.0. The van der Waals surface area contributed by atoms with Crippen molar-refractivity contribution in [1.29, 1.82) is 0 Å². The summed E-state index contributed by atoms with van der Waals surface area (Å²) in [6.45, 7) is 20.2. The molecule has 1 aromatic rings. The van der Waals surface area contributed by atoms with Crippen LogP contribution in [0.3, 0.4) is 0 Å². The van der Waals surface area contributed by atoms with Crippen LogP contribution < -0.4 is 5.32 Å². The van der Waals surface area contributed by atoms with Gasteiger partial charge in [-0.25, -0.2) is 0 Å². The Morgan fingerprint density at radius 3 is 2.18 bits per heavy atom. The Labute approximate surface area is 271 Å². The van der Waals surface area contributed by atoms with E-state index in [1.54, 1.807) is 6.92 Å². The highest BCUT2D eigenvalue weighted by atomic mass is 16.5. The molecule has 0 spiro atoms. The van der Waals surface area contributed by atoms with Crippen LogP contribution in [-0.2, 0) is 19.1 Å². The maximum absolute atomic E-state index is 14.5. The van der Waals surface area contributed by atoms with Crippen molar-refractivity contribution in [2.45, 2.75) is 132 Å². The molecule has 3 unspecified atom stereocenters. The average molecular weight is 616 g/mol. The summed E-state index contributed by atoms with van der Waals surface area (Å²) in [7, 11) is 0. The molecule has 0 saturated heterocycles. The van der Waals surface area contributed by atoms with Crippen LogP contribution in [0.25, 0.3) is 0 Å². The van der Waals surface area contributed by atoms with E-state index < -0.39 is 5.41 Å². The summed E-state index contributed by atoms with van der Waals surface area (Å²) in [5, 5.41) is 3.39. The van der Waals surface area contributed by atoms with Crippen molar-refractivity contribution < 1.29 is 19.1 Å². The lowest BCUT2D eigenvalue weighted by molar-refractivity contribution is -0.232. The van der Waals surface area contributed by atoms with Gasteiger partial charge in [-0.2, -0.15) is 0 Å². The summed E-state index contributed by atoms with van der Waals surface area (Å²) in [6.07, 6.45) is 8.45. The molecule has 4 fully saturated rings. The van der Waals surface area contributed by atoms with E-state index in [-0.39, 0.29) is 63.3 Å². The molecule has 1 aromatic carbocycles. The smallest absolute Gasteiger partial charge is 0.302 e. The summed E-state index contributed by atoms with van der Waals surface area (Å²) >= 11 is 0. The number of esters is 1. The maximum atomic E-state index is 14.5. The third-order valence-corrected chi connectivity index (χ3v) is 14.8. The number of benzene rings is 1. The molecule has 5 nitrogen and oxygen atoms in total. The molecular formula is C40H57NO4. The first kappa shape index (κ1) is 32.5. The van der Waals surface area contributed by atoms with Gasteiger partial charge < -0.3 is 10.1 Å². The molecule has 6 rings (SSSR count). The van der Waals surface area contributed by atoms with Gasteiger partial charge >= 0.3 is 5.97 Å². The molecule has 0 aromatic heterocycles. The third-order valence-electron chi connectivity index (χ3n) is 14.8. The Morgan fingerprint density at radius 2 is 1.53 bits per heavy atom. The molecule has 0 heterocycles. The number of hydrogen-bond acceptors (Lipinski definition) is 4. The first-order valence-electron chi connectivity index (χ1n) is 17.8. The molecule has 0 radical (unpaired) electrons. The van der Waals surface area contributed by atoms with Gasteiger partial charge in [0.2, 0.25) is 5.91 Å². The van der Waals surface area contributed by atoms with E-state index in [2.05, 4.69) is 72.8 Å². The Kier molecular flexibility index (Phi) is 7.81. The van der Waals surface area contributed by atoms with E-state index in [4.69, 9.17) is 4.74 Å². The van der Waals surface area contributed by atoms with Crippen molar-refractivity contribution in [2.75, 3.05) is 0 Å². The Bertz CT molecular complexity index is 1410. The largest absolute Gasteiger partial charge is 0.462 e. The molecular weight excluding hydrogens is 558 g/mol. The molecule has 4 saturated carbocycles.